The summed E-state index contributed by atoms with van der Waals surface area (Å²) in [5.41, 5.74) is 0.439. The third kappa shape index (κ3) is 3.24. The number of carbonyl (C=O) groups excluding carboxylic acids is 2. The Kier molecular flexibility index (Phi) is 4.66. The summed E-state index contributed by atoms with van der Waals surface area (Å²) in [7, 11) is 3.46. The molecule has 1 aromatic rings. The molecule has 1 aromatic heterocycles. The van der Waals surface area contributed by atoms with Crippen LogP contribution in [0.25, 0.3) is 0 Å². The summed E-state index contributed by atoms with van der Waals surface area (Å²) in [5, 5.41) is 7.83. The smallest absolute Gasteiger partial charge is 0.275 e. The summed E-state index contributed by atoms with van der Waals surface area (Å²) < 4.78 is 1.89. The van der Waals surface area contributed by atoms with Crippen molar-refractivity contribution in [2.75, 3.05) is 33.7 Å². The molecular formula is C16H25N5O2. The lowest BCUT2D eigenvalue weighted by atomic mass is 10.1. The fourth-order valence-corrected chi connectivity index (χ4v) is 3.43. The van der Waals surface area contributed by atoms with Crippen LogP contribution in [0.5, 0.6) is 0 Å². The van der Waals surface area contributed by atoms with Gasteiger partial charge in [-0.25, -0.2) is 0 Å². The topological polar surface area (TPSA) is 70.5 Å². The van der Waals surface area contributed by atoms with E-state index in [1.54, 1.807) is 30.0 Å². The maximum atomic E-state index is 12.7. The molecule has 0 aromatic carbocycles. The molecule has 0 saturated carbocycles. The van der Waals surface area contributed by atoms with Crippen molar-refractivity contribution in [2.24, 2.45) is 0 Å². The number of nitrogens with one attached hydrogen (secondary N) is 1. The second-order valence-corrected chi connectivity index (χ2v) is 6.57. The summed E-state index contributed by atoms with van der Waals surface area (Å²) in [6.45, 7) is 2.56. The monoisotopic (exact) mass is 319 g/mol. The average molecular weight is 319 g/mol. The fraction of sp³-hybridized carbons (Fsp3) is 0.688. The molecule has 2 aliphatic heterocycles. The van der Waals surface area contributed by atoms with Gasteiger partial charge in [0.25, 0.3) is 5.91 Å². The van der Waals surface area contributed by atoms with Crippen molar-refractivity contribution in [3.8, 4) is 0 Å². The Morgan fingerprint density at radius 2 is 2.13 bits per heavy atom. The van der Waals surface area contributed by atoms with E-state index < -0.39 is 0 Å². The molecule has 2 aliphatic rings. The Hall–Kier alpha value is -1.89. The van der Waals surface area contributed by atoms with E-state index in [1.165, 1.54) is 0 Å². The molecule has 7 nitrogen and oxygen atoms in total. The lowest BCUT2D eigenvalue weighted by molar-refractivity contribution is -0.132. The van der Waals surface area contributed by atoms with Crippen molar-refractivity contribution in [2.45, 2.75) is 37.8 Å². The van der Waals surface area contributed by atoms with Crippen LogP contribution < -0.4 is 5.32 Å². The van der Waals surface area contributed by atoms with Crippen LogP contribution in [0.4, 0.5) is 0 Å². The highest BCUT2D eigenvalue weighted by Gasteiger charge is 2.36. The van der Waals surface area contributed by atoms with Gasteiger partial charge in [0.05, 0.1) is 6.04 Å². The Morgan fingerprint density at radius 3 is 2.83 bits per heavy atom. The van der Waals surface area contributed by atoms with Crippen molar-refractivity contribution >= 4 is 11.8 Å². The summed E-state index contributed by atoms with van der Waals surface area (Å²) >= 11 is 0. The van der Waals surface area contributed by atoms with Crippen LogP contribution >= 0.6 is 0 Å². The molecule has 0 radical (unpaired) electrons. The molecule has 3 heterocycles. The first-order valence-electron chi connectivity index (χ1n) is 8.36. The largest absolute Gasteiger partial charge is 0.347 e. The number of likely N-dealkylation sites (tertiary alicyclic amines) is 1. The molecule has 23 heavy (non-hydrogen) atoms. The molecule has 126 valence electrons. The van der Waals surface area contributed by atoms with Gasteiger partial charge in [-0.05, 0) is 38.3 Å². The lowest BCUT2D eigenvalue weighted by Crippen LogP contribution is -2.45. The summed E-state index contributed by atoms with van der Waals surface area (Å²) in [6, 6.07) is 1.73. The highest BCUT2D eigenvalue weighted by Crippen LogP contribution is 2.22. The molecule has 3 rings (SSSR count). The average Bonchev–Trinajstić information content (AvgIpc) is 3.23. The van der Waals surface area contributed by atoms with Gasteiger partial charge in [0.2, 0.25) is 5.91 Å². The first kappa shape index (κ1) is 16.0. The van der Waals surface area contributed by atoms with Gasteiger partial charge in [0, 0.05) is 33.4 Å². The Morgan fingerprint density at radius 1 is 1.30 bits per heavy atom. The fourth-order valence-electron chi connectivity index (χ4n) is 3.43. The second-order valence-electron chi connectivity index (χ2n) is 6.57. The summed E-state index contributed by atoms with van der Waals surface area (Å²) in [5.74, 6) is -0.142. The van der Waals surface area contributed by atoms with Crippen LogP contribution in [0.1, 0.15) is 42.2 Å². The number of rotatable bonds is 3. The van der Waals surface area contributed by atoms with Gasteiger partial charge in [-0.2, -0.15) is 5.10 Å². The van der Waals surface area contributed by atoms with Crippen molar-refractivity contribution in [3.63, 3.8) is 0 Å². The number of likely N-dealkylation sites (N-methyl/N-ethyl adjacent to an activating group) is 1. The van der Waals surface area contributed by atoms with Gasteiger partial charge in [-0.3, -0.25) is 14.3 Å². The normalized spacial score (nSPS) is 24.7. The SMILES string of the molecule is CN(C)C(=O)C1CCCN1C(=O)c1ccn(C2CCCNC2)n1. The molecule has 0 bridgehead atoms. The van der Waals surface area contributed by atoms with Crippen LogP contribution in [-0.4, -0.2) is 71.2 Å². The van der Waals surface area contributed by atoms with Gasteiger partial charge >= 0.3 is 0 Å². The summed E-state index contributed by atoms with van der Waals surface area (Å²) in [6.07, 6.45) is 5.68. The zero-order chi connectivity index (χ0) is 16.4. The van der Waals surface area contributed by atoms with E-state index in [2.05, 4.69) is 10.4 Å². The van der Waals surface area contributed by atoms with E-state index in [9.17, 15) is 9.59 Å². The number of hydrogen-bond donors (Lipinski definition) is 1. The van der Waals surface area contributed by atoms with Crippen LogP contribution in [0.15, 0.2) is 12.3 Å². The highest BCUT2D eigenvalue weighted by molar-refractivity contribution is 5.96. The minimum absolute atomic E-state index is 0.00763. The number of carbonyl (C=O) groups is 2. The minimum atomic E-state index is -0.348. The van der Waals surface area contributed by atoms with Crippen molar-refractivity contribution < 1.29 is 9.59 Å². The Bertz CT molecular complexity index is 577. The third-order valence-electron chi connectivity index (χ3n) is 4.71. The molecule has 2 amide bonds. The third-order valence-corrected chi connectivity index (χ3v) is 4.71. The molecule has 2 unspecified atom stereocenters. The van der Waals surface area contributed by atoms with Gasteiger partial charge in [0.1, 0.15) is 11.7 Å². The maximum Gasteiger partial charge on any atom is 0.275 e. The number of aromatic nitrogens is 2. The Balaban J connectivity index is 1.72. The van der Waals surface area contributed by atoms with Gasteiger partial charge in [-0.1, -0.05) is 0 Å². The lowest BCUT2D eigenvalue weighted by Gasteiger charge is -2.25. The molecule has 2 saturated heterocycles. The Labute approximate surface area is 136 Å². The molecule has 0 aliphatic carbocycles. The highest BCUT2D eigenvalue weighted by atomic mass is 16.2. The summed E-state index contributed by atoms with van der Waals surface area (Å²) in [4.78, 5) is 28.2. The minimum Gasteiger partial charge on any atom is -0.347 e. The van der Waals surface area contributed by atoms with E-state index in [0.717, 1.165) is 38.8 Å². The molecule has 0 spiro atoms. The van der Waals surface area contributed by atoms with Crippen LogP contribution in [0.3, 0.4) is 0 Å². The van der Waals surface area contributed by atoms with Crippen molar-refractivity contribution in [1.29, 1.82) is 0 Å². The first-order chi connectivity index (χ1) is 11.1. The van der Waals surface area contributed by atoms with Crippen LogP contribution in [0.2, 0.25) is 0 Å². The van der Waals surface area contributed by atoms with Crippen LogP contribution in [0, 0.1) is 0 Å². The molecule has 2 fully saturated rings. The molecular weight excluding hydrogens is 294 g/mol. The zero-order valence-electron chi connectivity index (χ0n) is 13.9. The standard InChI is InChI=1S/C16H25N5O2/c1-19(2)16(23)14-6-4-9-20(14)15(22)13-7-10-21(18-13)12-5-3-8-17-11-12/h7,10,12,14,17H,3-6,8-9,11H2,1-2H3. The van der Waals surface area contributed by atoms with Crippen molar-refractivity contribution in [3.05, 3.63) is 18.0 Å². The second kappa shape index (κ2) is 6.70. The van der Waals surface area contributed by atoms with E-state index in [1.807, 2.05) is 10.9 Å². The maximum absolute atomic E-state index is 12.7. The quantitative estimate of drug-likeness (QED) is 0.881. The molecule has 2 atom stereocenters. The number of hydrogen-bond acceptors (Lipinski definition) is 4. The molecule has 1 N–H and O–H groups in total. The van der Waals surface area contributed by atoms with E-state index in [0.29, 0.717) is 18.3 Å². The predicted octanol–water partition coefficient (Wildman–Crippen LogP) is 0.500. The zero-order valence-corrected chi connectivity index (χ0v) is 13.9. The molecule has 7 heteroatoms. The van der Waals surface area contributed by atoms with E-state index >= 15 is 0 Å². The van der Waals surface area contributed by atoms with Crippen LogP contribution in [-0.2, 0) is 4.79 Å². The van der Waals surface area contributed by atoms with Gasteiger partial charge < -0.3 is 15.1 Å². The van der Waals surface area contributed by atoms with Gasteiger partial charge in [0.15, 0.2) is 0 Å². The van der Waals surface area contributed by atoms with Gasteiger partial charge in [-0.15, -0.1) is 0 Å². The van der Waals surface area contributed by atoms with E-state index in [4.69, 9.17) is 0 Å². The van der Waals surface area contributed by atoms with Crippen molar-refractivity contribution in [1.82, 2.24) is 24.9 Å². The number of amides is 2. The predicted molar refractivity (Wildman–Crippen MR) is 86.1 cm³/mol. The first-order valence-corrected chi connectivity index (χ1v) is 8.36. The van der Waals surface area contributed by atoms with E-state index in [-0.39, 0.29) is 17.9 Å². The number of nitrogens with zero attached hydrogens (tertiary/aromatic N) is 4. The number of piperidine rings is 1.